The molecule has 0 saturated carbocycles. The molecule has 3 aromatic rings. The van der Waals surface area contributed by atoms with E-state index in [9.17, 15) is 4.79 Å². The molecule has 0 aliphatic carbocycles. The number of carbonyl (C=O) groups is 1. The number of rotatable bonds is 4. The summed E-state index contributed by atoms with van der Waals surface area (Å²) in [5.74, 6) is 1.59. The highest BCUT2D eigenvalue weighted by Gasteiger charge is 2.24. The minimum absolute atomic E-state index is 0.0428. The smallest absolute Gasteiger partial charge is 0.356 e. The molecule has 2 aromatic heterocycles. The number of aromatic nitrogens is 5. The summed E-state index contributed by atoms with van der Waals surface area (Å²) in [5.41, 5.74) is 0.958. The van der Waals surface area contributed by atoms with Gasteiger partial charge in [0.15, 0.2) is 11.5 Å². The van der Waals surface area contributed by atoms with Crippen molar-refractivity contribution in [3.8, 4) is 11.4 Å². The lowest BCUT2D eigenvalue weighted by Gasteiger charge is -2.31. The molecule has 0 spiro atoms. The average Bonchev–Trinajstić information content (AvgIpc) is 3.19. The standard InChI is InChI=1S/C18H18N6O2/c25-18(26)14-10-20-15(11-19-14)24-8-6-13(7-9-24)17-21-16(22-23-17)12-4-2-1-3-5-12/h1-5,10-11,13H,6-9H2,(H,25,26)(H,21,22,23). The van der Waals surface area contributed by atoms with Crippen LogP contribution in [-0.2, 0) is 0 Å². The normalized spacial score (nSPS) is 15.2. The number of benzene rings is 1. The molecule has 0 radical (unpaired) electrons. The highest BCUT2D eigenvalue weighted by atomic mass is 16.4. The van der Waals surface area contributed by atoms with E-state index in [1.807, 2.05) is 30.3 Å². The first-order valence-electron chi connectivity index (χ1n) is 8.49. The number of nitrogens with zero attached hydrogens (tertiary/aromatic N) is 5. The molecule has 8 nitrogen and oxygen atoms in total. The molecule has 0 atom stereocenters. The quantitative estimate of drug-likeness (QED) is 0.743. The van der Waals surface area contributed by atoms with E-state index in [1.54, 1.807) is 0 Å². The summed E-state index contributed by atoms with van der Waals surface area (Å²) in [7, 11) is 0. The summed E-state index contributed by atoms with van der Waals surface area (Å²) >= 11 is 0. The summed E-state index contributed by atoms with van der Waals surface area (Å²) in [5, 5.41) is 16.3. The van der Waals surface area contributed by atoms with Gasteiger partial charge < -0.3 is 10.0 Å². The molecule has 132 valence electrons. The molecule has 1 aliphatic rings. The summed E-state index contributed by atoms with van der Waals surface area (Å²) < 4.78 is 0. The number of hydrogen-bond donors (Lipinski definition) is 2. The zero-order valence-corrected chi connectivity index (χ0v) is 14.0. The molecule has 0 amide bonds. The van der Waals surface area contributed by atoms with Crippen molar-refractivity contribution in [2.45, 2.75) is 18.8 Å². The van der Waals surface area contributed by atoms with Gasteiger partial charge in [0, 0.05) is 24.6 Å². The number of aromatic carboxylic acids is 1. The molecule has 1 fully saturated rings. The molecule has 0 bridgehead atoms. The molecule has 26 heavy (non-hydrogen) atoms. The largest absolute Gasteiger partial charge is 0.476 e. The number of carboxylic acids is 1. The maximum absolute atomic E-state index is 10.9. The third-order valence-electron chi connectivity index (χ3n) is 4.60. The molecule has 2 N–H and O–H groups in total. The van der Waals surface area contributed by atoms with Crippen LogP contribution >= 0.6 is 0 Å². The Kier molecular flexibility index (Phi) is 4.30. The number of anilines is 1. The monoisotopic (exact) mass is 350 g/mol. The van der Waals surface area contributed by atoms with E-state index in [-0.39, 0.29) is 5.69 Å². The van der Waals surface area contributed by atoms with Gasteiger partial charge in [-0.1, -0.05) is 30.3 Å². The van der Waals surface area contributed by atoms with Crippen LogP contribution in [0.2, 0.25) is 0 Å². The topological polar surface area (TPSA) is 108 Å². The Morgan fingerprint density at radius 1 is 1.12 bits per heavy atom. The molecule has 1 aromatic carbocycles. The summed E-state index contributed by atoms with van der Waals surface area (Å²) in [6, 6.07) is 9.91. The van der Waals surface area contributed by atoms with Crippen LogP contribution < -0.4 is 4.90 Å². The van der Waals surface area contributed by atoms with Gasteiger partial charge >= 0.3 is 5.97 Å². The highest BCUT2D eigenvalue weighted by Crippen LogP contribution is 2.28. The third-order valence-corrected chi connectivity index (χ3v) is 4.60. The lowest BCUT2D eigenvalue weighted by Crippen LogP contribution is -2.34. The molecule has 0 unspecified atom stereocenters. The average molecular weight is 350 g/mol. The Morgan fingerprint density at radius 2 is 1.88 bits per heavy atom. The van der Waals surface area contributed by atoms with Crippen molar-refractivity contribution in [2.75, 3.05) is 18.0 Å². The van der Waals surface area contributed by atoms with E-state index in [0.717, 1.165) is 43.1 Å². The van der Waals surface area contributed by atoms with Gasteiger partial charge in [-0.3, -0.25) is 5.10 Å². The highest BCUT2D eigenvalue weighted by molar-refractivity contribution is 5.84. The lowest BCUT2D eigenvalue weighted by atomic mass is 9.96. The van der Waals surface area contributed by atoms with E-state index in [2.05, 4.69) is 30.0 Å². The maximum atomic E-state index is 10.9. The lowest BCUT2D eigenvalue weighted by molar-refractivity contribution is 0.0690. The van der Waals surface area contributed by atoms with Gasteiger partial charge in [-0.25, -0.2) is 19.7 Å². The summed E-state index contributed by atoms with van der Waals surface area (Å²) in [6.45, 7) is 1.63. The van der Waals surface area contributed by atoms with Crippen LogP contribution in [-0.4, -0.2) is 49.3 Å². The molecule has 1 aliphatic heterocycles. The van der Waals surface area contributed by atoms with E-state index in [0.29, 0.717) is 11.7 Å². The summed E-state index contributed by atoms with van der Waals surface area (Å²) in [6.07, 6.45) is 4.66. The minimum Gasteiger partial charge on any atom is -0.476 e. The number of H-pyrrole nitrogens is 1. The first-order chi connectivity index (χ1) is 12.7. The molecular weight excluding hydrogens is 332 g/mol. The maximum Gasteiger partial charge on any atom is 0.356 e. The minimum atomic E-state index is -1.07. The number of piperidine rings is 1. The molecule has 3 heterocycles. The second-order valence-electron chi connectivity index (χ2n) is 6.24. The fourth-order valence-corrected chi connectivity index (χ4v) is 3.15. The Labute approximate surface area is 150 Å². The van der Waals surface area contributed by atoms with E-state index in [4.69, 9.17) is 5.11 Å². The zero-order valence-electron chi connectivity index (χ0n) is 14.0. The van der Waals surface area contributed by atoms with Gasteiger partial charge in [-0.15, -0.1) is 0 Å². The summed E-state index contributed by atoms with van der Waals surface area (Å²) in [4.78, 5) is 25.8. The number of carboxylic acid groups (broad SMARTS) is 1. The van der Waals surface area contributed by atoms with Crippen LogP contribution in [0.25, 0.3) is 11.4 Å². The van der Waals surface area contributed by atoms with Crippen molar-refractivity contribution in [2.24, 2.45) is 0 Å². The number of aromatic amines is 1. The number of hydrogen-bond acceptors (Lipinski definition) is 6. The zero-order chi connectivity index (χ0) is 17.9. The van der Waals surface area contributed by atoms with Crippen LogP contribution in [0.5, 0.6) is 0 Å². The van der Waals surface area contributed by atoms with Crippen LogP contribution in [0.3, 0.4) is 0 Å². The van der Waals surface area contributed by atoms with Crippen LogP contribution in [0, 0.1) is 0 Å². The fourth-order valence-electron chi connectivity index (χ4n) is 3.15. The predicted molar refractivity (Wildman–Crippen MR) is 95.0 cm³/mol. The Bertz CT molecular complexity index is 886. The van der Waals surface area contributed by atoms with E-state index in [1.165, 1.54) is 12.4 Å². The Morgan fingerprint density at radius 3 is 2.54 bits per heavy atom. The van der Waals surface area contributed by atoms with E-state index >= 15 is 0 Å². The predicted octanol–water partition coefficient (Wildman–Crippen LogP) is 2.34. The SMILES string of the molecule is O=C(O)c1cnc(N2CCC(c3nc(-c4ccccc4)n[nH]3)CC2)cn1. The van der Waals surface area contributed by atoms with Gasteiger partial charge in [0.25, 0.3) is 0 Å². The first-order valence-corrected chi connectivity index (χ1v) is 8.49. The molecule has 1 saturated heterocycles. The van der Waals surface area contributed by atoms with Gasteiger partial charge in [0.1, 0.15) is 11.6 Å². The molecule has 8 heteroatoms. The van der Waals surface area contributed by atoms with Crippen molar-refractivity contribution in [3.63, 3.8) is 0 Å². The van der Waals surface area contributed by atoms with Crippen molar-refractivity contribution in [1.29, 1.82) is 0 Å². The van der Waals surface area contributed by atoms with E-state index < -0.39 is 5.97 Å². The van der Waals surface area contributed by atoms with Crippen molar-refractivity contribution >= 4 is 11.8 Å². The van der Waals surface area contributed by atoms with Crippen molar-refractivity contribution < 1.29 is 9.90 Å². The molecular formula is C18H18N6O2. The van der Waals surface area contributed by atoms with Crippen LogP contribution in [0.4, 0.5) is 5.82 Å². The van der Waals surface area contributed by atoms with Gasteiger partial charge in [-0.05, 0) is 12.8 Å². The Hall–Kier alpha value is -3.29. The second-order valence-corrected chi connectivity index (χ2v) is 6.24. The fraction of sp³-hybridized carbons (Fsp3) is 0.278. The van der Waals surface area contributed by atoms with Gasteiger partial charge in [0.05, 0.1) is 12.4 Å². The first kappa shape index (κ1) is 16.2. The molecule has 4 rings (SSSR count). The van der Waals surface area contributed by atoms with Gasteiger partial charge in [-0.2, -0.15) is 5.10 Å². The second kappa shape index (κ2) is 6.91. The van der Waals surface area contributed by atoms with Gasteiger partial charge in [0.2, 0.25) is 0 Å². The van der Waals surface area contributed by atoms with Crippen LogP contribution in [0.15, 0.2) is 42.7 Å². The Balaban J connectivity index is 1.41. The third kappa shape index (κ3) is 3.26. The number of nitrogens with one attached hydrogen (secondary N) is 1. The van der Waals surface area contributed by atoms with Crippen molar-refractivity contribution in [3.05, 3.63) is 54.2 Å². The van der Waals surface area contributed by atoms with Crippen LogP contribution in [0.1, 0.15) is 35.1 Å². The van der Waals surface area contributed by atoms with Crippen molar-refractivity contribution in [1.82, 2.24) is 25.1 Å².